The molecule has 3 aromatic carbocycles. The highest BCUT2D eigenvalue weighted by atomic mass is 31.2. The molecule has 0 bridgehead atoms. The third-order valence-corrected chi connectivity index (χ3v) is 14.7. The number of carbonyl (C=O) groups is 1. The summed E-state index contributed by atoms with van der Waals surface area (Å²) < 4.78 is 15.1. The summed E-state index contributed by atoms with van der Waals surface area (Å²) in [4.78, 5) is 12.4. The van der Waals surface area contributed by atoms with E-state index in [4.69, 9.17) is 0 Å². The Kier molecular flexibility index (Phi) is 7.54. The fraction of sp³-hybridized carbons (Fsp3) is 0.375. The third kappa shape index (κ3) is 4.58. The molecule has 0 aromatic heterocycles. The maximum absolute atomic E-state index is 15.1. The summed E-state index contributed by atoms with van der Waals surface area (Å²) in [5.74, 6) is 1.26. The molecule has 3 aromatic rings. The van der Waals surface area contributed by atoms with E-state index in [1.54, 1.807) is 0 Å². The lowest BCUT2D eigenvalue weighted by atomic mass is 9.51. The number of ketones is 1. The predicted molar refractivity (Wildman–Crippen MR) is 180 cm³/mol. The molecule has 0 radical (unpaired) electrons. The molecular weight excluding hydrogens is 559 g/mol. The van der Waals surface area contributed by atoms with E-state index in [0.717, 1.165) is 54.4 Å². The van der Waals surface area contributed by atoms with Gasteiger partial charge in [0.2, 0.25) is 0 Å². The van der Waals surface area contributed by atoms with Gasteiger partial charge in [-0.2, -0.15) is 0 Å². The van der Waals surface area contributed by atoms with E-state index < -0.39 is 12.7 Å². The minimum atomic E-state index is -3.07. The molecule has 0 heterocycles. The van der Waals surface area contributed by atoms with Crippen LogP contribution in [0.2, 0.25) is 0 Å². The Labute approximate surface area is 262 Å². The maximum atomic E-state index is 15.1. The van der Waals surface area contributed by atoms with Crippen molar-refractivity contribution < 1.29 is 14.5 Å². The molecular formula is C40H43O3P. The van der Waals surface area contributed by atoms with Crippen LogP contribution in [0.3, 0.4) is 0 Å². The Hall–Kier alpha value is -3.26. The Balaban J connectivity index is 1.35. The first-order valence-corrected chi connectivity index (χ1v) is 18.1. The molecule has 0 unspecified atom stereocenters. The molecule has 3 nitrogen and oxygen atoms in total. The summed E-state index contributed by atoms with van der Waals surface area (Å²) in [7, 11) is -3.07. The molecule has 4 aliphatic carbocycles. The quantitative estimate of drug-likeness (QED) is 0.230. The zero-order valence-corrected chi connectivity index (χ0v) is 26.8. The number of aliphatic hydroxyl groups is 1. The van der Waals surface area contributed by atoms with Gasteiger partial charge in [0.15, 0.2) is 12.9 Å². The standard InChI is InChI=1S/C40H43O3P/c1-3-4-24-40(42)25-23-37-35-21-17-29-26-30(41)18-22-34(29)38(35)36(27-39(37,40)2)28-15-19-33(20-16-28)44(43,31-11-7-5-8-12-31)32-13-9-6-10-14-32/h3-16,19-20,26,35-37,42H,17-18,21-25,27H2,1-2H3/b4-3+/t35-,36+,37-,39-,40-/m0/s1. The Bertz CT molecular complexity index is 1660. The molecule has 0 aliphatic heterocycles. The molecule has 0 amide bonds. The lowest BCUT2D eigenvalue weighted by Gasteiger charge is -2.55. The molecule has 0 saturated heterocycles. The summed E-state index contributed by atoms with van der Waals surface area (Å²) in [5.41, 5.74) is 4.48. The summed E-state index contributed by atoms with van der Waals surface area (Å²) in [6.45, 7) is 4.39. The highest BCUT2D eigenvalue weighted by Crippen LogP contribution is 2.67. The Morgan fingerprint density at radius 3 is 2.14 bits per heavy atom. The van der Waals surface area contributed by atoms with Crippen LogP contribution in [-0.4, -0.2) is 16.5 Å². The Morgan fingerprint density at radius 2 is 1.50 bits per heavy atom. The summed E-state index contributed by atoms with van der Waals surface area (Å²) >= 11 is 0. The van der Waals surface area contributed by atoms with Gasteiger partial charge in [0.25, 0.3) is 0 Å². The predicted octanol–water partition coefficient (Wildman–Crippen LogP) is 7.92. The number of carbonyl (C=O) groups excluding carboxylic acids is 1. The summed E-state index contributed by atoms with van der Waals surface area (Å²) in [6, 6.07) is 28.3. The van der Waals surface area contributed by atoms with Crippen LogP contribution < -0.4 is 15.9 Å². The Morgan fingerprint density at radius 1 is 0.864 bits per heavy atom. The molecule has 5 atom stereocenters. The number of benzene rings is 3. The van der Waals surface area contributed by atoms with Gasteiger partial charge in [-0.25, -0.2) is 0 Å². The largest absolute Gasteiger partial charge is 0.389 e. The highest BCUT2D eigenvalue weighted by molar-refractivity contribution is 7.85. The second-order valence-corrected chi connectivity index (χ2v) is 16.5. The van der Waals surface area contributed by atoms with Gasteiger partial charge in [-0.15, -0.1) is 0 Å². The van der Waals surface area contributed by atoms with E-state index in [2.05, 4.69) is 43.3 Å². The van der Waals surface area contributed by atoms with Crippen molar-refractivity contribution in [2.45, 2.75) is 76.7 Å². The molecule has 44 heavy (non-hydrogen) atoms. The van der Waals surface area contributed by atoms with E-state index in [1.807, 2.05) is 73.7 Å². The second-order valence-electron chi connectivity index (χ2n) is 13.7. The van der Waals surface area contributed by atoms with Crippen molar-refractivity contribution >= 4 is 28.8 Å². The monoisotopic (exact) mass is 602 g/mol. The van der Waals surface area contributed by atoms with Gasteiger partial charge in [-0.05, 0) is 86.5 Å². The van der Waals surface area contributed by atoms with Crippen LogP contribution in [-0.2, 0) is 9.36 Å². The zero-order chi connectivity index (χ0) is 30.5. The van der Waals surface area contributed by atoms with E-state index in [-0.39, 0.29) is 17.1 Å². The molecule has 4 aliphatic rings. The van der Waals surface area contributed by atoms with Gasteiger partial charge in [-0.3, -0.25) is 4.79 Å². The van der Waals surface area contributed by atoms with Crippen molar-refractivity contribution in [3.8, 4) is 0 Å². The van der Waals surface area contributed by atoms with Gasteiger partial charge < -0.3 is 9.67 Å². The van der Waals surface area contributed by atoms with Gasteiger partial charge in [0.1, 0.15) is 0 Å². The van der Waals surface area contributed by atoms with Crippen molar-refractivity contribution in [2.75, 3.05) is 0 Å². The van der Waals surface area contributed by atoms with E-state index in [9.17, 15) is 9.90 Å². The summed E-state index contributed by atoms with van der Waals surface area (Å²) in [6.07, 6.45) is 13.0. The fourth-order valence-corrected chi connectivity index (χ4v) is 12.0. The van der Waals surface area contributed by atoms with Crippen LogP contribution >= 0.6 is 7.14 Å². The lowest BCUT2D eigenvalue weighted by molar-refractivity contribution is -0.114. The van der Waals surface area contributed by atoms with E-state index >= 15 is 4.57 Å². The molecule has 1 N–H and O–H groups in total. The molecule has 4 heteroatoms. The van der Waals surface area contributed by atoms with E-state index in [1.165, 1.54) is 22.3 Å². The third-order valence-electron chi connectivity index (χ3n) is 11.6. The van der Waals surface area contributed by atoms with Crippen LogP contribution in [0.1, 0.15) is 76.7 Å². The number of hydrogen-bond donors (Lipinski definition) is 1. The first kappa shape index (κ1) is 29.5. The van der Waals surface area contributed by atoms with Crippen molar-refractivity contribution in [3.05, 3.63) is 125 Å². The van der Waals surface area contributed by atoms with Crippen molar-refractivity contribution in [2.24, 2.45) is 17.3 Å². The van der Waals surface area contributed by atoms with Crippen LogP contribution in [0.4, 0.5) is 0 Å². The van der Waals surface area contributed by atoms with Gasteiger partial charge in [-0.1, -0.05) is 110 Å². The van der Waals surface area contributed by atoms with Gasteiger partial charge in [0, 0.05) is 33.7 Å². The average molecular weight is 603 g/mol. The lowest BCUT2D eigenvalue weighted by Crippen LogP contribution is -2.51. The molecule has 226 valence electrons. The van der Waals surface area contributed by atoms with Crippen molar-refractivity contribution in [1.82, 2.24) is 0 Å². The van der Waals surface area contributed by atoms with Crippen LogP contribution in [0.15, 0.2) is 120 Å². The number of rotatable bonds is 6. The second kappa shape index (κ2) is 11.3. The first-order valence-electron chi connectivity index (χ1n) is 16.4. The van der Waals surface area contributed by atoms with Gasteiger partial charge in [0.05, 0.1) is 5.60 Å². The topological polar surface area (TPSA) is 54.4 Å². The normalized spacial score (nSPS) is 30.1. The minimum absolute atomic E-state index is 0.158. The van der Waals surface area contributed by atoms with Crippen LogP contribution in [0, 0.1) is 17.3 Å². The first-order chi connectivity index (χ1) is 21.3. The van der Waals surface area contributed by atoms with E-state index in [0.29, 0.717) is 24.7 Å². The average Bonchev–Trinajstić information content (AvgIpc) is 3.33. The zero-order valence-electron chi connectivity index (χ0n) is 25.9. The number of hydrogen-bond acceptors (Lipinski definition) is 3. The number of allylic oxidation sites excluding steroid dienone is 5. The van der Waals surface area contributed by atoms with Crippen LogP contribution in [0.5, 0.6) is 0 Å². The van der Waals surface area contributed by atoms with Crippen molar-refractivity contribution in [1.29, 1.82) is 0 Å². The molecule has 7 rings (SSSR count). The maximum Gasteiger partial charge on any atom is 0.171 e. The smallest absolute Gasteiger partial charge is 0.171 e. The molecule has 2 fully saturated rings. The van der Waals surface area contributed by atoms with Gasteiger partial charge >= 0.3 is 0 Å². The number of fused-ring (bicyclic) bond motifs is 4. The summed E-state index contributed by atoms with van der Waals surface area (Å²) in [5, 5.41) is 14.8. The SMILES string of the molecule is C/C=C/C[C@]1(O)CC[C@H]2[C@@H]3CCC4=CC(=O)CCC4=C3[C@@H](c3ccc(P(=O)(c4ccccc4)c4ccccc4)cc3)C[C@@]21C. The minimum Gasteiger partial charge on any atom is -0.389 e. The van der Waals surface area contributed by atoms with Crippen molar-refractivity contribution in [3.63, 3.8) is 0 Å². The van der Waals surface area contributed by atoms with Crippen LogP contribution in [0.25, 0.3) is 0 Å². The molecule has 2 saturated carbocycles. The highest BCUT2D eigenvalue weighted by Gasteiger charge is 2.62. The molecule has 0 spiro atoms. The fourth-order valence-electron chi connectivity index (χ4n) is 9.34.